The minimum atomic E-state index is 0.948. The van der Waals surface area contributed by atoms with E-state index in [0.717, 1.165) is 10.0 Å². The van der Waals surface area contributed by atoms with E-state index in [2.05, 4.69) is 32.8 Å². The molecular formula is C8H6BrN. The molecule has 0 fully saturated rings. The van der Waals surface area contributed by atoms with E-state index in [1.54, 1.807) is 12.4 Å². The van der Waals surface area contributed by atoms with Crippen molar-refractivity contribution in [1.29, 1.82) is 0 Å². The molecular weight excluding hydrogens is 190 g/mol. The van der Waals surface area contributed by atoms with Gasteiger partial charge in [0.2, 0.25) is 0 Å². The fraction of sp³-hybridized carbons (Fsp3) is 0.125. The average molecular weight is 196 g/mol. The van der Waals surface area contributed by atoms with Crippen LogP contribution in [0, 0.1) is 11.8 Å². The summed E-state index contributed by atoms with van der Waals surface area (Å²) < 4.78 is 0.948. The summed E-state index contributed by atoms with van der Waals surface area (Å²) in [6.07, 6.45) is 3.46. The maximum Gasteiger partial charge on any atom is 0.0515 e. The van der Waals surface area contributed by atoms with Gasteiger partial charge in [0, 0.05) is 18.0 Å². The minimum absolute atomic E-state index is 0.948. The van der Waals surface area contributed by atoms with Gasteiger partial charge >= 0.3 is 0 Å². The van der Waals surface area contributed by atoms with Gasteiger partial charge in [-0.05, 0) is 28.9 Å². The summed E-state index contributed by atoms with van der Waals surface area (Å²) in [5.41, 5.74) is 0.984. The second kappa shape index (κ2) is 3.38. The van der Waals surface area contributed by atoms with Gasteiger partial charge in [0.25, 0.3) is 0 Å². The first-order valence-electron chi connectivity index (χ1n) is 2.87. The van der Waals surface area contributed by atoms with E-state index < -0.39 is 0 Å². The second-order valence-corrected chi connectivity index (χ2v) is 2.58. The molecule has 0 atom stereocenters. The Morgan fingerprint density at radius 2 is 2.40 bits per heavy atom. The Morgan fingerprint density at radius 1 is 1.60 bits per heavy atom. The van der Waals surface area contributed by atoms with Gasteiger partial charge in [-0.3, -0.25) is 4.98 Å². The Bertz CT molecular complexity index is 283. The van der Waals surface area contributed by atoms with E-state index in [4.69, 9.17) is 0 Å². The smallest absolute Gasteiger partial charge is 0.0515 e. The molecule has 0 aliphatic heterocycles. The van der Waals surface area contributed by atoms with Gasteiger partial charge in [0.15, 0.2) is 0 Å². The highest BCUT2D eigenvalue weighted by molar-refractivity contribution is 9.10. The van der Waals surface area contributed by atoms with E-state index in [1.165, 1.54) is 0 Å². The van der Waals surface area contributed by atoms with E-state index in [0.29, 0.717) is 0 Å². The lowest BCUT2D eigenvalue weighted by molar-refractivity contribution is 1.30. The summed E-state index contributed by atoms with van der Waals surface area (Å²) in [6, 6.07) is 1.88. The van der Waals surface area contributed by atoms with Crippen LogP contribution in [0.2, 0.25) is 0 Å². The standard InChI is InChI=1S/C8H6BrN/c1-2-3-7-4-5-10-6-8(7)9/h4-6H,1H3. The third-order valence-electron chi connectivity index (χ3n) is 1.03. The van der Waals surface area contributed by atoms with Crippen molar-refractivity contribution in [2.75, 3.05) is 0 Å². The molecule has 0 bridgehead atoms. The van der Waals surface area contributed by atoms with E-state index >= 15 is 0 Å². The summed E-state index contributed by atoms with van der Waals surface area (Å²) in [5.74, 6) is 5.76. The van der Waals surface area contributed by atoms with E-state index in [9.17, 15) is 0 Å². The molecule has 1 rings (SSSR count). The molecule has 0 N–H and O–H groups in total. The zero-order chi connectivity index (χ0) is 7.40. The van der Waals surface area contributed by atoms with Crippen LogP contribution >= 0.6 is 15.9 Å². The lowest BCUT2D eigenvalue weighted by Gasteiger charge is -1.90. The van der Waals surface area contributed by atoms with Crippen LogP contribution in [-0.2, 0) is 0 Å². The van der Waals surface area contributed by atoms with Gasteiger partial charge < -0.3 is 0 Å². The van der Waals surface area contributed by atoms with Crippen LogP contribution < -0.4 is 0 Å². The summed E-state index contributed by atoms with van der Waals surface area (Å²) in [6.45, 7) is 1.81. The Balaban J connectivity index is 3.11. The first kappa shape index (κ1) is 7.30. The van der Waals surface area contributed by atoms with E-state index in [-0.39, 0.29) is 0 Å². The molecule has 10 heavy (non-hydrogen) atoms. The number of nitrogens with zero attached hydrogens (tertiary/aromatic N) is 1. The van der Waals surface area contributed by atoms with Crippen molar-refractivity contribution in [3.8, 4) is 11.8 Å². The molecule has 0 spiro atoms. The summed E-state index contributed by atoms with van der Waals surface area (Å²) in [7, 11) is 0. The molecule has 1 aromatic heterocycles. The maximum absolute atomic E-state index is 3.91. The largest absolute Gasteiger partial charge is 0.263 e. The van der Waals surface area contributed by atoms with Crippen molar-refractivity contribution in [3.05, 3.63) is 28.5 Å². The molecule has 0 aliphatic rings. The van der Waals surface area contributed by atoms with Gasteiger partial charge in [-0.25, -0.2) is 0 Å². The molecule has 1 nitrogen and oxygen atoms in total. The molecule has 50 valence electrons. The van der Waals surface area contributed by atoms with Crippen LogP contribution in [0.1, 0.15) is 12.5 Å². The van der Waals surface area contributed by atoms with Crippen molar-refractivity contribution in [1.82, 2.24) is 4.98 Å². The van der Waals surface area contributed by atoms with Crippen LogP contribution in [0.5, 0.6) is 0 Å². The van der Waals surface area contributed by atoms with Crippen molar-refractivity contribution in [2.24, 2.45) is 0 Å². The van der Waals surface area contributed by atoms with Crippen molar-refractivity contribution >= 4 is 15.9 Å². The van der Waals surface area contributed by atoms with Crippen molar-refractivity contribution in [2.45, 2.75) is 6.92 Å². The lowest BCUT2D eigenvalue weighted by atomic mass is 10.3. The molecule has 0 saturated heterocycles. The van der Waals surface area contributed by atoms with Crippen molar-refractivity contribution < 1.29 is 0 Å². The van der Waals surface area contributed by atoms with Gasteiger partial charge in [-0.1, -0.05) is 5.92 Å². The number of pyridine rings is 1. The zero-order valence-electron chi connectivity index (χ0n) is 5.56. The third-order valence-corrected chi connectivity index (χ3v) is 1.66. The fourth-order valence-electron chi connectivity index (χ4n) is 0.611. The van der Waals surface area contributed by atoms with Gasteiger partial charge in [0.05, 0.1) is 4.47 Å². The van der Waals surface area contributed by atoms with Gasteiger partial charge in [-0.15, -0.1) is 5.92 Å². The maximum atomic E-state index is 3.91. The molecule has 1 heterocycles. The average Bonchev–Trinajstić information content (AvgIpc) is 1.94. The topological polar surface area (TPSA) is 12.9 Å². The second-order valence-electron chi connectivity index (χ2n) is 1.73. The quantitative estimate of drug-likeness (QED) is 0.579. The SMILES string of the molecule is CC#Cc1ccncc1Br. The minimum Gasteiger partial charge on any atom is -0.263 e. The summed E-state index contributed by atoms with van der Waals surface area (Å²) >= 11 is 3.33. The van der Waals surface area contributed by atoms with Crippen LogP contribution in [0.25, 0.3) is 0 Å². The molecule has 0 amide bonds. The van der Waals surface area contributed by atoms with Crippen LogP contribution in [0.4, 0.5) is 0 Å². The number of hydrogen-bond acceptors (Lipinski definition) is 1. The highest BCUT2D eigenvalue weighted by Crippen LogP contribution is 2.12. The monoisotopic (exact) mass is 195 g/mol. The predicted molar refractivity (Wildman–Crippen MR) is 44.5 cm³/mol. The molecule has 0 radical (unpaired) electrons. The van der Waals surface area contributed by atoms with Crippen molar-refractivity contribution in [3.63, 3.8) is 0 Å². The predicted octanol–water partition coefficient (Wildman–Crippen LogP) is 2.22. The summed E-state index contributed by atoms with van der Waals surface area (Å²) in [4.78, 5) is 3.91. The Kier molecular flexibility index (Phi) is 2.47. The highest BCUT2D eigenvalue weighted by Gasteiger charge is 1.91. The summed E-state index contributed by atoms with van der Waals surface area (Å²) in [5, 5.41) is 0. The highest BCUT2D eigenvalue weighted by atomic mass is 79.9. The Morgan fingerprint density at radius 3 is 3.00 bits per heavy atom. The number of rotatable bonds is 0. The molecule has 0 unspecified atom stereocenters. The molecule has 0 saturated carbocycles. The van der Waals surface area contributed by atoms with E-state index in [1.807, 2.05) is 13.0 Å². The lowest BCUT2D eigenvalue weighted by Crippen LogP contribution is -1.77. The molecule has 0 aliphatic carbocycles. The van der Waals surface area contributed by atoms with Gasteiger partial charge in [0.1, 0.15) is 0 Å². The first-order valence-corrected chi connectivity index (χ1v) is 3.66. The molecule has 0 aromatic carbocycles. The fourth-order valence-corrected chi connectivity index (χ4v) is 0.961. The first-order chi connectivity index (χ1) is 4.84. The van der Waals surface area contributed by atoms with Crippen LogP contribution in [-0.4, -0.2) is 4.98 Å². The number of halogens is 1. The number of hydrogen-bond donors (Lipinski definition) is 0. The molecule has 1 aromatic rings. The van der Waals surface area contributed by atoms with Crippen LogP contribution in [0.3, 0.4) is 0 Å². The third kappa shape index (κ3) is 1.58. The van der Waals surface area contributed by atoms with Gasteiger partial charge in [-0.2, -0.15) is 0 Å². The normalized spacial score (nSPS) is 8.20. The Hall–Kier alpha value is -0.810. The molecule has 2 heteroatoms. The Labute approximate surface area is 68.6 Å². The van der Waals surface area contributed by atoms with Crippen LogP contribution in [0.15, 0.2) is 22.9 Å². The zero-order valence-corrected chi connectivity index (χ0v) is 7.14. The number of aromatic nitrogens is 1.